The minimum absolute atomic E-state index is 0.121. The molecular weight excluding hydrogens is 272 g/mol. The molecule has 130 valence electrons. The van der Waals surface area contributed by atoms with Crippen LogP contribution in [0.2, 0.25) is 0 Å². The number of carbonyl (C=O) groups is 2. The van der Waals surface area contributed by atoms with Crippen LogP contribution >= 0.6 is 0 Å². The minimum Gasteiger partial charge on any atom is -0.299 e. The van der Waals surface area contributed by atoms with Gasteiger partial charge < -0.3 is 0 Å². The third kappa shape index (κ3) is 4.93. The second-order valence-electron chi connectivity index (χ2n) is 6.74. The number of hydrogen-bond donors (Lipinski definition) is 0. The Bertz CT molecular complexity index is 285. The predicted molar refractivity (Wildman–Crippen MR) is 95.1 cm³/mol. The molecule has 0 spiro atoms. The average molecular weight is 311 g/mol. The lowest BCUT2D eigenvalue weighted by Gasteiger charge is -2.29. The van der Waals surface area contributed by atoms with E-state index in [1.54, 1.807) is 0 Å². The van der Waals surface area contributed by atoms with Gasteiger partial charge in [-0.2, -0.15) is 0 Å². The molecule has 0 rings (SSSR count). The van der Waals surface area contributed by atoms with Gasteiger partial charge in [-0.25, -0.2) is 0 Å². The summed E-state index contributed by atoms with van der Waals surface area (Å²) in [6, 6.07) is 0. The van der Waals surface area contributed by atoms with Crippen LogP contribution in [0.3, 0.4) is 0 Å². The molecule has 0 bridgehead atoms. The summed E-state index contributed by atoms with van der Waals surface area (Å²) in [7, 11) is 0. The van der Waals surface area contributed by atoms with Crippen LogP contribution in [-0.2, 0) is 9.59 Å². The Morgan fingerprint density at radius 1 is 0.545 bits per heavy atom. The number of rotatable bonds is 13. The maximum atomic E-state index is 12.5. The van der Waals surface area contributed by atoms with E-state index >= 15 is 0 Å². The highest BCUT2D eigenvalue weighted by atomic mass is 16.1. The fourth-order valence-corrected chi connectivity index (χ4v) is 3.78. The van der Waals surface area contributed by atoms with Gasteiger partial charge in [-0.3, -0.25) is 9.59 Å². The summed E-state index contributed by atoms with van der Waals surface area (Å²) >= 11 is 0. The first-order valence-corrected chi connectivity index (χ1v) is 9.48. The van der Waals surface area contributed by atoms with Crippen molar-refractivity contribution in [2.24, 2.45) is 10.8 Å². The van der Waals surface area contributed by atoms with Crippen LogP contribution in [0.25, 0.3) is 0 Å². The van der Waals surface area contributed by atoms with E-state index in [0.29, 0.717) is 24.4 Å². The zero-order chi connectivity index (χ0) is 17.2. The number of hydrogen-bond acceptors (Lipinski definition) is 2. The van der Waals surface area contributed by atoms with Crippen molar-refractivity contribution in [3.05, 3.63) is 0 Å². The third-order valence-corrected chi connectivity index (χ3v) is 6.30. The summed E-state index contributed by atoms with van der Waals surface area (Å²) in [5.74, 6) is 0.806. The molecule has 0 unspecified atom stereocenters. The molecule has 0 aliphatic heterocycles. The molecule has 0 radical (unpaired) electrons. The molecule has 0 aliphatic carbocycles. The molecule has 2 nitrogen and oxygen atoms in total. The zero-order valence-corrected chi connectivity index (χ0v) is 15.9. The van der Waals surface area contributed by atoms with Gasteiger partial charge in [0.1, 0.15) is 11.6 Å². The van der Waals surface area contributed by atoms with Gasteiger partial charge >= 0.3 is 0 Å². The van der Waals surface area contributed by atoms with Crippen molar-refractivity contribution in [2.75, 3.05) is 0 Å². The van der Waals surface area contributed by atoms with Crippen molar-refractivity contribution in [1.29, 1.82) is 0 Å². The summed E-state index contributed by atoms with van der Waals surface area (Å²) in [6.45, 7) is 12.7. The van der Waals surface area contributed by atoms with Crippen molar-refractivity contribution in [2.45, 2.75) is 106 Å². The quantitative estimate of drug-likeness (QED) is 0.384. The number of unbranched alkanes of at least 4 members (excludes halogenated alkanes) is 1. The highest BCUT2D eigenvalue weighted by Gasteiger charge is 2.33. The van der Waals surface area contributed by atoms with Gasteiger partial charge in [-0.15, -0.1) is 0 Å². The molecule has 0 aromatic carbocycles. The van der Waals surface area contributed by atoms with Crippen molar-refractivity contribution in [3.63, 3.8) is 0 Å². The molecule has 0 saturated heterocycles. The average Bonchev–Trinajstić information content (AvgIpc) is 2.56. The van der Waals surface area contributed by atoms with Crippen LogP contribution in [-0.4, -0.2) is 11.6 Å². The Labute approximate surface area is 138 Å². The van der Waals surface area contributed by atoms with Gasteiger partial charge in [-0.05, 0) is 51.4 Å². The fourth-order valence-electron chi connectivity index (χ4n) is 3.78. The molecule has 0 amide bonds. The van der Waals surface area contributed by atoms with Crippen molar-refractivity contribution in [3.8, 4) is 0 Å². The molecule has 0 aromatic rings. The Morgan fingerprint density at radius 2 is 0.773 bits per heavy atom. The highest BCUT2D eigenvalue weighted by molar-refractivity contribution is 5.85. The minimum atomic E-state index is -0.121. The van der Waals surface area contributed by atoms with Crippen molar-refractivity contribution >= 4 is 11.6 Å². The summed E-state index contributed by atoms with van der Waals surface area (Å²) in [5, 5.41) is 0. The van der Waals surface area contributed by atoms with Crippen LogP contribution in [0.5, 0.6) is 0 Å². The van der Waals surface area contributed by atoms with Crippen molar-refractivity contribution < 1.29 is 9.59 Å². The monoisotopic (exact) mass is 310 g/mol. The Kier molecular flexibility index (Phi) is 9.87. The first-order valence-electron chi connectivity index (χ1n) is 9.48. The molecule has 0 saturated carbocycles. The largest absolute Gasteiger partial charge is 0.299 e. The normalized spacial score (nSPS) is 12.5. The summed E-state index contributed by atoms with van der Waals surface area (Å²) in [4.78, 5) is 25.0. The molecule has 0 aliphatic rings. The Hall–Kier alpha value is -0.660. The van der Waals surface area contributed by atoms with Gasteiger partial charge in [0.05, 0.1) is 0 Å². The standard InChI is InChI=1S/C20H38O2/c1-7-19(8-2,9-3)17(21)15-13-14-16-18(22)20(10-4,11-5)12-6/h7-16H2,1-6H3. The SMILES string of the molecule is CCC(CC)(CC)C(=O)CCCCC(=O)C(CC)(CC)CC. The molecule has 0 N–H and O–H groups in total. The van der Waals surface area contributed by atoms with E-state index in [1.165, 1.54) is 0 Å². The van der Waals surface area contributed by atoms with Gasteiger partial charge in [0.15, 0.2) is 0 Å². The topological polar surface area (TPSA) is 34.1 Å². The van der Waals surface area contributed by atoms with Gasteiger partial charge in [0.2, 0.25) is 0 Å². The summed E-state index contributed by atoms with van der Waals surface area (Å²) < 4.78 is 0. The number of Topliss-reactive ketones (excluding diaryl/α,β-unsaturated/α-hetero) is 2. The van der Waals surface area contributed by atoms with E-state index in [-0.39, 0.29) is 10.8 Å². The molecule has 0 heterocycles. The van der Waals surface area contributed by atoms with Crippen LogP contribution in [0, 0.1) is 10.8 Å². The van der Waals surface area contributed by atoms with Crippen molar-refractivity contribution in [1.82, 2.24) is 0 Å². The third-order valence-electron chi connectivity index (χ3n) is 6.30. The van der Waals surface area contributed by atoms with E-state index in [0.717, 1.165) is 51.4 Å². The van der Waals surface area contributed by atoms with E-state index < -0.39 is 0 Å². The number of ketones is 2. The molecule has 0 fully saturated rings. The maximum absolute atomic E-state index is 12.5. The summed E-state index contributed by atoms with van der Waals surface area (Å²) in [5.41, 5.74) is -0.242. The van der Waals surface area contributed by atoms with Gasteiger partial charge in [0.25, 0.3) is 0 Å². The zero-order valence-electron chi connectivity index (χ0n) is 15.9. The molecule has 0 aromatic heterocycles. The first-order chi connectivity index (χ1) is 10.4. The van der Waals surface area contributed by atoms with Crippen LogP contribution in [0.1, 0.15) is 106 Å². The van der Waals surface area contributed by atoms with E-state index in [9.17, 15) is 9.59 Å². The lowest BCUT2D eigenvalue weighted by molar-refractivity contribution is -0.131. The predicted octanol–water partition coefficient (Wildman–Crippen LogP) is 6.12. The number of carbonyl (C=O) groups excluding carboxylic acids is 2. The molecule has 0 atom stereocenters. The van der Waals surface area contributed by atoms with Gasteiger partial charge in [-0.1, -0.05) is 41.5 Å². The Balaban J connectivity index is 4.38. The van der Waals surface area contributed by atoms with E-state index in [2.05, 4.69) is 41.5 Å². The lowest BCUT2D eigenvalue weighted by Crippen LogP contribution is -2.30. The van der Waals surface area contributed by atoms with Gasteiger partial charge in [0, 0.05) is 23.7 Å². The smallest absolute Gasteiger partial charge is 0.139 e. The summed E-state index contributed by atoms with van der Waals surface area (Å²) in [6.07, 6.45) is 8.60. The second-order valence-corrected chi connectivity index (χ2v) is 6.74. The maximum Gasteiger partial charge on any atom is 0.139 e. The van der Waals surface area contributed by atoms with E-state index in [1.807, 2.05) is 0 Å². The molecule has 2 heteroatoms. The van der Waals surface area contributed by atoms with E-state index in [4.69, 9.17) is 0 Å². The fraction of sp³-hybridized carbons (Fsp3) is 0.900. The molecular formula is C20H38O2. The van der Waals surface area contributed by atoms with Crippen LogP contribution < -0.4 is 0 Å². The Morgan fingerprint density at radius 3 is 0.955 bits per heavy atom. The highest BCUT2D eigenvalue weighted by Crippen LogP contribution is 2.35. The lowest BCUT2D eigenvalue weighted by atomic mass is 9.73. The molecule has 22 heavy (non-hydrogen) atoms. The van der Waals surface area contributed by atoms with Crippen LogP contribution in [0.15, 0.2) is 0 Å². The first kappa shape index (κ1) is 21.3. The second kappa shape index (κ2) is 10.2. The van der Waals surface area contributed by atoms with Crippen LogP contribution in [0.4, 0.5) is 0 Å².